The molecular formula is C32H29N9O5. The van der Waals surface area contributed by atoms with Crippen molar-refractivity contribution in [3.63, 3.8) is 0 Å². The van der Waals surface area contributed by atoms with Gasteiger partial charge in [-0.25, -0.2) is 9.98 Å². The lowest BCUT2D eigenvalue weighted by Gasteiger charge is -2.28. The Labute approximate surface area is 263 Å². The fourth-order valence-electron chi connectivity index (χ4n) is 4.81. The van der Waals surface area contributed by atoms with Crippen LogP contribution in [0.4, 0.5) is 11.4 Å². The molecule has 0 bridgehead atoms. The van der Waals surface area contributed by atoms with Crippen molar-refractivity contribution in [2.24, 2.45) is 9.98 Å². The number of benzene rings is 2. The fourth-order valence-corrected chi connectivity index (χ4v) is 4.81. The summed E-state index contributed by atoms with van der Waals surface area (Å²) >= 11 is 0. The highest BCUT2D eigenvalue weighted by Crippen LogP contribution is 2.43. The molecule has 0 aliphatic carbocycles. The Morgan fingerprint density at radius 1 is 1.02 bits per heavy atom. The molecule has 0 spiro atoms. The number of fused-ring (bicyclic) bond motifs is 3. The number of carbonyl (C=O) groups is 3. The van der Waals surface area contributed by atoms with Gasteiger partial charge in [-0.3, -0.25) is 34.6 Å². The summed E-state index contributed by atoms with van der Waals surface area (Å²) in [4.78, 5) is 59.8. The van der Waals surface area contributed by atoms with Crippen LogP contribution in [-0.4, -0.2) is 82.7 Å². The molecule has 2 aliphatic rings. The molecule has 0 unspecified atom stereocenters. The van der Waals surface area contributed by atoms with Crippen molar-refractivity contribution < 1.29 is 23.9 Å². The van der Waals surface area contributed by atoms with Crippen LogP contribution in [0.25, 0.3) is 6.08 Å². The number of amidine groups is 1. The van der Waals surface area contributed by atoms with E-state index < -0.39 is 0 Å². The summed E-state index contributed by atoms with van der Waals surface area (Å²) in [5.74, 6) is 1.41. The lowest BCUT2D eigenvalue weighted by molar-refractivity contribution is -0.111. The van der Waals surface area contributed by atoms with Crippen molar-refractivity contribution in [2.45, 2.75) is 0 Å². The predicted molar refractivity (Wildman–Crippen MR) is 170 cm³/mol. The number of nitrogens with one attached hydrogen (secondary N) is 4. The normalized spacial score (nSPS) is 13.3. The van der Waals surface area contributed by atoms with E-state index in [-0.39, 0.29) is 30.9 Å². The monoisotopic (exact) mass is 619 g/mol. The summed E-state index contributed by atoms with van der Waals surface area (Å²) in [6, 6.07) is 13.5. The Bertz CT molecular complexity index is 1840. The molecule has 232 valence electrons. The quantitative estimate of drug-likeness (QED) is 0.155. The van der Waals surface area contributed by atoms with Gasteiger partial charge >= 0.3 is 0 Å². The van der Waals surface area contributed by atoms with Gasteiger partial charge in [0, 0.05) is 54.2 Å². The fraction of sp³-hybridized carbons (Fsp3) is 0.156. The van der Waals surface area contributed by atoms with E-state index in [1.807, 2.05) is 11.0 Å². The Morgan fingerprint density at radius 2 is 1.89 bits per heavy atom. The first-order valence-electron chi connectivity index (χ1n) is 14.3. The van der Waals surface area contributed by atoms with Gasteiger partial charge in [0.2, 0.25) is 11.9 Å². The molecule has 0 fully saturated rings. The molecule has 14 nitrogen and oxygen atoms in total. The van der Waals surface area contributed by atoms with Gasteiger partial charge < -0.3 is 25.1 Å². The smallest absolute Gasteiger partial charge is 0.259 e. The summed E-state index contributed by atoms with van der Waals surface area (Å²) in [5, 5.41) is 8.42. The number of guanidine groups is 1. The van der Waals surface area contributed by atoms with Crippen molar-refractivity contribution >= 4 is 47.0 Å². The van der Waals surface area contributed by atoms with E-state index in [0.717, 1.165) is 5.56 Å². The van der Waals surface area contributed by atoms with Gasteiger partial charge in [0.25, 0.3) is 11.8 Å². The number of H-pyrrole nitrogens is 1. The number of rotatable bonds is 10. The van der Waals surface area contributed by atoms with Gasteiger partial charge in [-0.05, 0) is 54.6 Å². The van der Waals surface area contributed by atoms with Crippen LogP contribution in [0.3, 0.4) is 0 Å². The van der Waals surface area contributed by atoms with E-state index in [4.69, 9.17) is 14.5 Å². The zero-order valence-electron chi connectivity index (χ0n) is 24.7. The van der Waals surface area contributed by atoms with Gasteiger partial charge in [-0.15, -0.1) is 0 Å². The lowest BCUT2D eigenvalue weighted by Crippen LogP contribution is -2.47. The van der Waals surface area contributed by atoms with Crippen molar-refractivity contribution in [3.8, 4) is 11.5 Å². The summed E-state index contributed by atoms with van der Waals surface area (Å²) < 4.78 is 11.7. The lowest BCUT2D eigenvalue weighted by atomic mass is 10.1. The number of aliphatic imine (C=N–C) groups is 2. The van der Waals surface area contributed by atoms with Gasteiger partial charge in [0.1, 0.15) is 24.0 Å². The minimum atomic E-state index is -0.346. The standard InChI is InChI=1S/C32H29N9O5/c1-45-28-24(9-8-23-27(28)39-32(41-17-15-36-29(23)41)40-31(44)21-3-2-12-33-19-21)46-18-16-37-30(43)20-4-6-22(7-5-20)38-26(42)11-10-25-34-13-14-35-25/h2-14,19H,15-18H2,1H3,(H,34,35)(H,37,43)(H,38,42)(H,39,40,44)/b11-10+. The third-order valence-corrected chi connectivity index (χ3v) is 6.98. The number of hydrogen-bond acceptors (Lipinski definition) is 10. The summed E-state index contributed by atoms with van der Waals surface area (Å²) in [6.07, 6.45) is 9.26. The van der Waals surface area contributed by atoms with Crippen molar-refractivity contribution in [3.05, 3.63) is 102 Å². The van der Waals surface area contributed by atoms with Crippen LogP contribution in [-0.2, 0) is 4.79 Å². The molecule has 46 heavy (non-hydrogen) atoms. The summed E-state index contributed by atoms with van der Waals surface area (Å²) in [6.45, 7) is 1.49. The van der Waals surface area contributed by atoms with E-state index in [2.05, 4.69) is 35.9 Å². The van der Waals surface area contributed by atoms with Crippen LogP contribution in [0.5, 0.6) is 11.5 Å². The minimum absolute atomic E-state index is 0.151. The SMILES string of the molecule is COc1c(OCCNC(=O)c2ccc(NC(=O)/C=C/c3ncc[nH]3)cc2)ccc2c1N=C(NC(=O)c1cccnc1)N1CCN=C21. The first-order chi connectivity index (χ1) is 22.5. The molecule has 6 rings (SSSR count). The highest BCUT2D eigenvalue weighted by molar-refractivity contribution is 6.20. The second-order valence-electron chi connectivity index (χ2n) is 9.96. The maximum absolute atomic E-state index is 12.9. The largest absolute Gasteiger partial charge is 0.491 e. The maximum Gasteiger partial charge on any atom is 0.259 e. The molecule has 0 atom stereocenters. The first-order valence-corrected chi connectivity index (χ1v) is 14.3. The van der Waals surface area contributed by atoms with Crippen LogP contribution in [0.15, 0.2) is 89.4 Å². The second-order valence-corrected chi connectivity index (χ2v) is 9.96. The number of aromatic amines is 1. The van der Waals surface area contributed by atoms with Crippen molar-refractivity contribution in [1.82, 2.24) is 30.5 Å². The topological polar surface area (TPSA) is 175 Å². The van der Waals surface area contributed by atoms with E-state index in [1.54, 1.807) is 67.1 Å². The third-order valence-electron chi connectivity index (χ3n) is 6.98. The number of hydrogen-bond donors (Lipinski definition) is 4. The van der Waals surface area contributed by atoms with E-state index in [1.165, 1.54) is 19.4 Å². The predicted octanol–water partition coefficient (Wildman–Crippen LogP) is 2.77. The van der Waals surface area contributed by atoms with Gasteiger partial charge in [0.05, 0.1) is 25.8 Å². The van der Waals surface area contributed by atoms with Gasteiger partial charge in [0.15, 0.2) is 11.5 Å². The molecule has 4 heterocycles. The highest BCUT2D eigenvalue weighted by atomic mass is 16.5. The first kappa shape index (κ1) is 29.7. The van der Waals surface area contributed by atoms with Crippen molar-refractivity contribution in [2.75, 3.05) is 38.7 Å². The molecule has 14 heteroatoms. The molecule has 0 saturated carbocycles. The molecule has 4 aromatic rings. The Balaban J connectivity index is 1.06. The average Bonchev–Trinajstić information content (AvgIpc) is 3.80. The number of methoxy groups -OCH3 is 1. The summed E-state index contributed by atoms with van der Waals surface area (Å²) in [5.41, 5.74) is 2.60. The molecule has 2 aromatic carbocycles. The number of amides is 3. The zero-order chi connectivity index (χ0) is 31.9. The van der Waals surface area contributed by atoms with E-state index in [9.17, 15) is 14.4 Å². The average molecular weight is 620 g/mol. The zero-order valence-corrected chi connectivity index (χ0v) is 24.7. The van der Waals surface area contributed by atoms with Crippen LogP contribution in [0, 0.1) is 0 Å². The van der Waals surface area contributed by atoms with E-state index in [0.29, 0.717) is 64.7 Å². The second kappa shape index (κ2) is 13.5. The number of aromatic nitrogens is 3. The number of nitrogens with zero attached hydrogens (tertiary/aromatic N) is 5. The molecule has 3 amide bonds. The summed E-state index contributed by atoms with van der Waals surface area (Å²) in [7, 11) is 1.51. The Kier molecular flexibility index (Phi) is 8.76. The molecule has 0 saturated heterocycles. The Hall–Kier alpha value is -6.31. The molecule has 2 aliphatic heterocycles. The number of carbonyl (C=O) groups excluding carboxylic acids is 3. The van der Waals surface area contributed by atoms with Crippen LogP contribution < -0.4 is 25.4 Å². The number of anilines is 1. The Morgan fingerprint density at radius 3 is 2.65 bits per heavy atom. The number of imidazole rings is 1. The van der Waals surface area contributed by atoms with Crippen molar-refractivity contribution in [1.29, 1.82) is 0 Å². The minimum Gasteiger partial charge on any atom is -0.491 e. The molecule has 4 N–H and O–H groups in total. The van der Waals surface area contributed by atoms with Gasteiger partial charge in [-0.1, -0.05) is 0 Å². The number of pyridine rings is 1. The van der Waals surface area contributed by atoms with Gasteiger partial charge in [-0.2, -0.15) is 0 Å². The molecule has 0 radical (unpaired) electrons. The highest BCUT2D eigenvalue weighted by Gasteiger charge is 2.33. The third kappa shape index (κ3) is 6.60. The maximum atomic E-state index is 12.9. The molecular weight excluding hydrogens is 590 g/mol. The van der Waals surface area contributed by atoms with Crippen LogP contribution in [0.2, 0.25) is 0 Å². The number of ether oxygens (including phenoxy) is 2. The van der Waals surface area contributed by atoms with Crippen LogP contribution in [0.1, 0.15) is 32.1 Å². The molecule has 2 aromatic heterocycles. The van der Waals surface area contributed by atoms with Crippen LogP contribution >= 0.6 is 0 Å². The van der Waals surface area contributed by atoms with E-state index >= 15 is 0 Å².